The quantitative estimate of drug-likeness (QED) is 0.707. The lowest BCUT2D eigenvalue weighted by molar-refractivity contribution is 0.0326. The van der Waals surface area contributed by atoms with Gasteiger partial charge in [-0.2, -0.15) is 0 Å². The molecule has 3 atom stereocenters. The van der Waals surface area contributed by atoms with Crippen molar-refractivity contribution in [2.24, 2.45) is 11.1 Å². The highest BCUT2D eigenvalue weighted by Crippen LogP contribution is 2.24. The van der Waals surface area contributed by atoms with E-state index in [2.05, 4.69) is 32.6 Å². The van der Waals surface area contributed by atoms with Gasteiger partial charge in [0.2, 0.25) is 0 Å². The van der Waals surface area contributed by atoms with E-state index in [0.29, 0.717) is 12.6 Å². The minimum atomic E-state index is -0.162. The normalized spacial score (nSPS) is 18.6. The van der Waals surface area contributed by atoms with Crippen molar-refractivity contribution in [1.82, 2.24) is 4.90 Å². The zero-order valence-corrected chi connectivity index (χ0v) is 11.5. The predicted molar refractivity (Wildman–Crippen MR) is 67.4 cm³/mol. The van der Waals surface area contributed by atoms with E-state index in [9.17, 15) is 5.11 Å². The van der Waals surface area contributed by atoms with E-state index in [-0.39, 0.29) is 24.1 Å². The summed E-state index contributed by atoms with van der Waals surface area (Å²) in [5.74, 6) is 0. The van der Waals surface area contributed by atoms with Crippen molar-refractivity contribution in [2.75, 3.05) is 27.4 Å². The Morgan fingerprint density at radius 3 is 2.19 bits per heavy atom. The predicted octanol–water partition coefficient (Wildman–Crippen LogP) is 0.687. The minimum Gasteiger partial charge on any atom is -0.395 e. The number of nitrogens with zero attached hydrogens (tertiary/aromatic N) is 1. The molecule has 0 amide bonds. The largest absolute Gasteiger partial charge is 0.395 e. The first kappa shape index (κ1) is 15.8. The molecule has 0 radical (unpaired) electrons. The Labute approximate surface area is 99.8 Å². The van der Waals surface area contributed by atoms with Crippen LogP contribution in [0, 0.1) is 5.41 Å². The SMILES string of the molecule is COCC(N)C(CO)N(C)C(C)C(C)(C)C. The van der Waals surface area contributed by atoms with E-state index >= 15 is 0 Å². The Bertz CT molecular complexity index is 192. The van der Waals surface area contributed by atoms with Crippen LogP contribution < -0.4 is 5.73 Å². The Morgan fingerprint density at radius 1 is 1.38 bits per heavy atom. The minimum absolute atomic E-state index is 0.0570. The second kappa shape index (κ2) is 6.55. The van der Waals surface area contributed by atoms with Gasteiger partial charge < -0.3 is 15.6 Å². The molecule has 3 N–H and O–H groups in total. The molecule has 0 aromatic carbocycles. The molecule has 0 aliphatic heterocycles. The second-order valence-corrected chi connectivity index (χ2v) is 5.58. The molecule has 4 nitrogen and oxygen atoms in total. The summed E-state index contributed by atoms with van der Waals surface area (Å²) in [4.78, 5) is 2.14. The lowest BCUT2D eigenvalue weighted by atomic mass is 9.86. The van der Waals surface area contributed by atoms with Crippen LogP contribution in [0.25, 0.3) is 0 Å². The van der Waals surface area contributed by atoms with Crippen LogP contribution in [-0.2, 0) is 4.74 Å². The van der Waals surface area contributed by atoms with Gasteiger partial charge in [0, 0.05) is 19.2 Å². The van der Waals surface area contributed by atoms with Crippen LogP contribution >= 0.6 is 0 Å². The lowest BCUT2D eigenvalue weighted by Crippen LogP contribution is -2.55. The summed E-state index contributed by atoms with van der Waals surface area (Å²) in [6.45, 7) is 9.23. The summed E-state index contributed by atoms with van der Waals surface area (Å²) in [6, 6.07) is 0.117. The van der Waals surface area contributed by atoms with Gasteiger partial charge in [-0.1, -0.05) is 20.8 Å². The van der Waals surface area contributed by atoms with Gasteiger partial charge in [0.15, 0.2) is 0 Å². The van der Waals surface area contributed by atoms with Crippen LogP contribution in [0.1, 0.15) is 27.7 Å². The zero-order valence-electron chi connectivity index (χ0n) is 11.5. The van der Waals surface area contributed by atoms with Gasteiger partial charge >= 0.3 is 0 Å². The number of rotatable bonds is 6. The number of methoxy groups -OCH3 is 1. The van der Waals surface area contributed by atoms with Crippen LogP contribution in [-0.4, -0.2) is 55.5 Å². The molecular formula is C12H28N2O2. The van der Waals surface area contributed by atoms with Gasteiger partial charge in [-0.15, -0.1) is 0 Å². The monoisotopic (exact) mass is 232 g/mol. The maximum Gasteiger partial charge on any atom is 0.0629 e. The highest BCUT2D eigenvalue weighted by molar-refractivity contribution is 4.87. The Kier molecular flexibility index (Phi) is 6.48. The van der Waals surface area contributed by atoms with Gasteiger partial charge in [-0.25, -0.2) is 0 Å². The molecule has 0 spiro atoms. The van der Waals surface area contributed by atoms with Crippen molar-refractivity contribution in [1.29, 1.82) is 0 Å². The molecule has 0 aromatic rings. The molecule has 0 saturated carbocycles. The smallest absolute Gasteiger partial charge is 0.0629 e. The molecule has 98 valence electrons. The van der Waals surface area contributed by atoms with Gasteiger partial charge in [0.1, 0.15) is 0 Å². The third kappa shape index (κ3) is 4.37. The molecule has 16 heavy (non-hydrogen) atoms. The van der Waals surface area contributed by atoms with E-state index in [4.69, 9.17) is 10.5 Å². The van der Waals surface area contributed by atoms with Crippen molar-refractivity contribution in [2.45, 2.75) is 45.8 Å². The number of hydrogen-bond donors (Lipinski definition) is 2. The summed E-state index contributed by atoms with van der Waals surface area (Å²) in [5.41, 5.74) is 6.16. The average Bonchev–Trinajstić information content (AvgIpc) is 2.16. The lowest BCUT2D eigenvalue weighted by Gasteiger charge is -2.41. The molecule has 0 heterocycles. The molecule has 0 aliphatic carbocycles. The first-order valence-electron chi connectivity index (χ1n) is 5.83. The Hall–Kier alpha value is -0.160. The first-order chi connectivity index (χ1) is 7.25. The topological polar surface area (TPSA) is 58.7 Å². The molecule has 0 bridgehead atoms. The molecule has 3 unspecified atom stereocenters. The highest BCUT2D eigenvalue weighted by atomic mass is 16.5. The third-order valence-electron chi connectivity index (χ3n) is 3.43. The van der Waals surface area contributed by atoms with Crippen molar-refractivity contribution < 1.29 is 9.84 Å². The van der Waals surface area contributed by atoms with Gasteiger partial charge in [0.25, 0.3) is 0 Å². The molecule has 0 aromatic heterocycles. The third-order valence-corrected chi connectivity index (χ3v) is 3.43. The van der Waals surface area contributed by atoms with Crippen LogP contribution in [0.3, 0.4) is 0 Å². The summed E-state index contributed by atoms with van der Waals surface area (Å²) >= 11 is 0. The fourth-order valence-corrected chi connectivity index (χ4v) is 1.77. The second-order valence-electron chi connectivity index (χ2n) is 5.58. The standard InChI is InChI=1S/C12H28N2O2/c1-9(12(2,3)4)14(5)11(7-15)10(13)8-16-6/h9-11,15H,7-8,13H2,1-6H3. The Balaban J connectivity index is 4.58. The number of hydrogen-bond acceptors (Lipinski definition) is 4. The van der Waals surface area contributed by atoms with Crippen LogP contribution in [0.15, 0.2) is 0 Å². The number of nitrogens with two attached hydrogens (primary N) is 1. The molecule has 0 fully saturated rings. The van der Waals surface area contributed by atoms with Crippen molar-refractivity contribution in [3.05, 3.63) is 0 Å². The van der Waals surface area contributed by atoms with Crippen molar-refractivity contribution in [3.63, 3.8) is 0 Å². The summed E-state index contributed by atoms with van der Waals surface area (Å²) in [6.07, 6.45) is 0. The summed E-state index contributed by atoms with van der Waals surface area (Å²) < 4.78 is 5.04. The molecular weight excluding hydrogens is 204 g/mol. The number of ether oxygens (including phenoxy) is 1. The fraction of sp³-hybridized carbons (Fsp3) is 1.00. The number of likely N-dealkylation sites (N-methyl/N-ethyl adjacent to an activating group) is 1. The Morgan fingerprint density at radius 2 is 1.88 bits per heavy atom. The van der Waals surface area contributed by atoms with Crippen molar-refractivity contribution >= 4 is 0 Å². The maximum atomic E-state index is 9.43. The van der Waals surface area contributed by atoms with Gasteiger partial charge in [-0.05, 0) is 19.4 Å². The molecule has 4 heteroatoms. The average molecular weight is 232 g/mol. The number of aliphatic hydroxyl groups is 1. The molecule has 0 saturated heterocycles. The first-order valence-corrected chi connectivity index (χ1v) is 5.83. The van der Waals surface area contributed by atoms with Crippen LogP contribution in [0.2, 0.25) is 0 Å². The van der Waals surface area contributed by atoms with Gasteiger partial charge in [-0.3, -0.25) is 4.90 Å². The van der Waals surface area contributed by atoms with Crippen molar-refractivity contribution in [3.8, 4) is 0 Å². The van der Waals surface area contributed by atoms with E-state index in [1.165, 1.54) is 0 Å². The number of aliphatic hydroxyl groups excluding tert-OH is 1. The highest BCUT2D eigenvalue weighted by Gasteiger charge is 2.31. The summed E-state index contributed by atoms with van der Waals surface area (Å²) in [5, 5.41) is 9.43. The van der Waals surface area contributed by atoms with Crippen LogP contribution in [0.5, 0.6) is 0 Å². The van der Waals surface area contributed by atoms with E-state index in [1.807, 2.05) is 7.05 Å². The molecule has 0 aliphatic rings. The summed E-state index contributed by atoms with van der Waals surface area (Å²) in [7, 11) is 3.63. The van der Waals surface area contributed by atoms with Gasteiger partial charge in [0.05, 0.1) is 19.3 Å². The zero-order chi connectivity index (χ0) is 12.9. The maximum absolute atomic E-state index is 9.43. The van der Waals surface area contributed by atoms with E-state index in [0.717, 1.165) is 0 Å². The van der Waals surface area contributed by atoms with E-state index < -0.39 is 0 Å². The molecule has 0 rings (SSSR count). The fourth-order valence-electron chi connectivity index (χ4n) is 1.77. The van der Waals surface area contributed by atoms with Crippen LogP contribution in [0.4, 0.5) is 0 Å². The van der Waals surface area contributed by atoms with E-state index in [1.54, 1.807) is 7.11 Å².